The van der Waals surface area contributed by atoms with Gasteiger partial charge in [-0.2, -0.15) is 0 Å². The second-order valence-electron chi connectivity index (χ2n) is 9.67. The SMILES string of the molecule is CC[C@H](C)NC(=O)[C@@H](C)N(Cc1ccccc1C)C(=O)CCCN(c1cc(C)ccc1C)S(C)(=O)=O. The summed E-state index contributed by atoms with van der Waals surface area (Å²) in [6, 6.07) is 12.8. The van der Waals surface area contributed by atoms with E-state index in [4.69, 9.17) is 0 Å². The van der Waals surface area contributed by atoms with Crippen LogP contribution in [0, 0.1) is 20.8 Å². The summed E-state index contributed by atoms with van der Waals surface area (Å²) < 4.78 is 26.5. The summed E-state index contributed by atoms with van der Waals surface area (Å²) in [5.74, 6) is -0.376. The van der Waals surface area contributed by atoms with Gasteiger partial charge in [0, 0.05) is 25.6 Å². The van der Waals surface area contributed by atoms with Crippen LogP contribution in [0.4, 0.5) is 5.69 Å². The molecule has 2 aromatic carbocycles. The normalized spacial score (nSPS) is 13.1. The highest BCUT2D eigenvalue weighted by Gasteiger charge is 2.27. The minimum atomic E-state index is -3.53. The maximum absolute atomic E-state index is 13.4. The van der Waals surface area contributed by atoms with E-state index in [0.717, 1.165) is 28.7 Å². The van der Waals surface area contributed by atoms with Gasteiger partial charge in [0.1, 0.15) is 6.04 Å². The molecular formula is C28H41N3O4S. The molecule has 7 nitrogen and oxygen atoms in total. The predicted molar refractivity (Wildman–Crippen MR) is 146 cm³/mol. The molecule has 8 heteroatoms. The van der Waals surface area contributed by atoms with Gasteiger partial charge in [-0.1, -0.05) is 43.3 Å². The van der Waals surface area contributed by atoms with Crippen molar-refractivity contribution in [3.8, 4) is 0 Å². The van der Waals surface area contributed by atoms with Gasteiger partial charge in [-0.15, -0.1) is 0 Å². The first-order valence-electron chi connectivity index (χ1n) is 12.5. The van der Waals surface area contributed by atoms with Crippen LogP contribution in [0.25, 0.3) is 0 Å². The summed E-state index contributed by atoms with van der Waals surface area (Å²) in [7, 11) is -3.53. The molecule has 198 valence electrons. The van der Waals surface area contributed by atoms with Crippen molar-refractivity contribution in [3.05, 3.63) is 64.7 Å². The monoisotopic (exact) mass is 515 g/mol. The van der Waals surface area contributed by atoms with Gasteiger partial charge in [-0.3, -0.25) is 13.9 Å². The fourth-order valence-electron chi connectivity index (χ4n) is 3.99. The first-order chi connectivity index (χ1) is 16.8. The van der Waals surface area contributed by atoms with Crippen LogP contribution in [-0.4, -0.2) is 50.0 Å². The highest BCUT2D eigenvalue weighted by Crippen LogP contribution is 2.25. The number of benzene rings is 2. The molecule has 0 aromatic heterocycles. The Morgan fingerprint density at radius 3 is 2.28 bits per heavy atom. The Hall–Kier alpha value is -2.87. The fourth-order valence-corrected chi connectivity index (χ4v) is 5.00. The van der Waals surface area contributed by atoms with Crippen LogP contribution < -0.4 is 9.62 Å². The van der Waals surface area contributed by atoms with Crippen molar-refractivity contribution in [2.45, 2.75) is 79.4 Å². The van der Waals surface area contributed by atoms with E-state index in [2.05, 4.69) is 5.32 Å². The average molecular weight is 516 g/mol. The number of nitrogens with zero attached hydrogens (tertiary/aromatic N) is 2. The van der Waals surface area contributed by atoms with Crippen molar-refractivity contribution < 1.29 is 18.0 Å². The third-order valence-corrected chi connectivity index (χ3v) is 7.74. The van der Waals surface area contributed by atoms with Crippen LogP contribution in [-0.2, 0) is 26.2 Å². The topological polar surface area (TPSA) is 86.8 Å². The molecule has 2 amide bonds. The maximum Gasteiger partial charge on any atom is 0.242 e. The van der Waals surface area contributed by atoms with Crippen LogP contribution in [0.5, 0.6) is 0 Å². The van der Waals surface area contributed by atoms with E-state index in [0.29, 0.717) is 18.7 Å². The van der Waals surface area contributed by atoms with Crippen molar-refractivity contribution in [2.24, 2.45) is 0 Å². The lowest BCUT2D eigenvalue weighted by Crippen LogP contribution is -2.49. The van der Waals surface area contributed by atoms with Crippen molar-refractivity contribution >= 4 is 27.5 Å². The van der Waals surface area contributed by atoms with E-state index >= 15 is 0 Å². The van der Waals surface area contributed by atoms with Crippen LogP contribution in [0.1, 0.15) is 62.3 Å². The number of sulfonamides is 1. The van der Waals surface area contributed by atoms with Crippen LogP contribution >= 0.6 is 0 Å². The third kappa shape index (κ3) is 8.08. The Labute approximate surface area is 216 Å². The van der Waals surface area contributed by atoms with Gasteiger partial charge in [0.15, 0.2) is 0 Å². The molecule has 0 spiro atoms. The largest absolute Gasteiger partial charge is 0.352 e. The first-order valence-corrected chi connectivity index (χ1v) is 14.4. The number of rotatable bonds is 12. The molecule has 1 N–H and O–H groups in total. The molecule has 2 aromatic rings. The molecule has 0 unspecified atom stereocenters. The average Bonchev–Trinajstić information content (AvgIpc) is 2.81. The molecule has 0 fully saturated rings. The van der Waals surface area contributed by atoms with E-state index in [1.807, 2.05) is 77.1 Å². The molecule has 0 bridgehead atoms. The molecule has 36 heavy (non-hydrogen) atoms. The molecule has 0 radical (unpaired) electrons. The van der Waals surface area contributed by atoms with Crippen molar-refractivity contribution in [1.82, 2.24) is 10.2 Å². The van der Waals surface area contributed by atoms with Gasteiger partial charge >= 0.3 is 0 Å². The quantitative estimate of drug-likeness (QED) is 0.451. The van der Waals surface area contributed by atoms with E-state index in [1.165, 1.54) is 10.6 Å². The van der Waals surface area contributed by atoms with Gasteiger partial charge in [-0.05, 0) is 75.8 Å². The van der Waals surface area contributed by atoms with Crippen LogP contribution in [0.15, 0.2) is 42.5 Å². The molecule has 0 aliphatic heterocycles. The zero-order valence-electron chi connectivity index (χ0n) is 22.7. The number of aryl methyl sites for hydroxylation is 3. The number of anilines is 1. The molecule has 0 saturated heterocycles. The number of amides is 2. The Bertz CT molecular complexity index is 1160. The Morgan fingerprint density at radius 1 is 1.00 bits per heavy atom. The Kier molecular flexibility index (Phi) is 10.5. The minimum absolute atomic E-state index is 0.0104. The van der Waals surface area contributed by atoms with E-state index < -0.39 is 16.1 Å². The zero-order chi connectivity index (χ0) is 27.0. The standard InChI is InChI=1S/C28H41N3O4S/c1-8-23(5)29-28(33)24(6)30(19-25-13-10-9-12-21(25)3)27(32)14-11-17-31(36(7,34)35)26-18-20(2)15-16-22(26)4/h9-10,12-13,15-16,18,23-24H,8,11,14,17,19H2,1-7H3,(H,29,33)/t23-,24+/m0/s1. The zero-order valence-corrected chi connectivity index (χ0v) is 23.5. The highest BCUT2D eigenvalue weighted by molar-refractivity contribution is 7.92. The number of hydrogen-bond donors (Lipinski definition) is 1. The van der Waals surface area contributed by atoms with Gasteiger partial charge in [-0.25, -0.2) is 8.42 Å². The summed E-state index contributed by atoms with van der Waals surface area (Å²) >= 11 is 0. The van der Waals surface area contributed by atoms with Gasteiger partial charge in [0.25, 0.3) is 0 Å². The second-order valence-corrected chi connectivity index (χ2v) is 11.6. The lowest BCUT2D eigenvalue weighted by Gasteiger charge is -2.30. The summed E-state index contributed by atoms with van der Waals surface area (Å²) in [6.07, 6.45) is 2.44. The molecule has 2 atom stereocenters. The lowest BCUT2D eigenvalue weighted by atomic mass is 10.1. The van der Waals surface area contributed by atoms with Gasteiger partial charge in [0.05, 0.1) is 11.9 Å². The number of carbonyl (C=O) groups excluding carboxylic acids is 2. The molecule has 0 heterocycles. The first kappa shape index (κ1) is 29.4. The van der Waals surface area contributed by atoms with E-state index in [1.54, 1.807) is 11.8 Å². The van der Waals surface area contributed by atoms with Gasteiger partial charge < -0.3 is 10.2 Å². The highest BCUT2D eigenvalue weighted by atomic mass is 32.2. The molecule has 2 rings (SSSR count). The summed E-state index contributed by atoms with van der Waals surface area (Å²) in [4.78, 5) is 27.9. The van der Waals surface area contributed by atoms with Crippen LogP contribution in [0.3, 0.4) is 0 Å². The predicted octanol–water partition coefficient (Wildman–Crippen LogP) is 4.49. The molecule has 0 aliphatic carbocycles. The summed E-state index contributed by atoms with van der Waals surface area (Å²) in [5.41, 5.74) is 4.47. The second kappa shape index (κ2) is 12.9. The van der Waals surface area contributed by atoms with Gasteiger partial charge in [0.2, 0.25) is 21.8 Å². The summed E-state index contributed by atoms with van der Waals surface area (Å²) in [6.45, 7) is 11.9. The third-order valence-electron chi connectivity index (χ3n) is 6.56. The Morgan fingerprint density at radius 2 is 1.67 bits per heavy atom. The van der Waals surface area contributed by atoms with Crippen molar-refractivity contribution in [3.63, 3.8) is 0 Å². The number of nitrogens with one attached hydrogen (secondary N) is 1. The van der Waals surface area contributed by atoms with Crippen molar-refractivity contribution in [1.29, 1.82) is 0 Å². The smallest absolute Gasteiger partial charge is 0.242 e. The van der Waals surface area contributed by atoms with Crippen molar-refractivity contribution in [2.75, 3.05) is 17.1 Å². The number of carbonyl (C=O) groups is 2. The van der Waals surface area contributed by atoms with E-state index in [9.17, 15) is 18.0 Å². The van der Waals surface area contributed by atoms with E-state index in [-0.39, 0.29) is 30.8 Å². The summed E-state index contributed by atoms with van der Waals surface area (Å²) in [5, 5.41) is 2.97. The molecule has 0 aliphatic rings. The number of hydrogen-bond acceptors (Lipinski definition) is 4. The minimum Gasteiger partial charge on any atom is -0.352 e. The van der Waals surface area contributed by atoms with Crippen LogP contribution in [0.2, 0.25) is 0 Å². The fraction of sp³-hybridized carbons (Fsp3) is 0.500. The lowest BCUT2D eigenvalue weighted by molar-refractivity contribution is -0.140. The molecule has 0 saturated carbocycles. The maximum atomic E-state index is 13.4. The Balaban J connectivity index is 2.22. The molecular weight excluding hydrogens is 474 g/mol.